The third-order valence-electron chi connectivity index (χ3n) is 3.90. The highest BCUT2D eigenvalue weighted by molar-refractivity contribution is 5.50. The number of hydrogen-bond donors (Lipinski definition) is 2. The van der Waals surface area contributed by atoms with Crippen molar-refractivity contribution in [3.63, 3.8) is 0 Å². The molecule has 1 atom stereocenters. The summed E-state index contributed by atoms with van der Waals surface area (Å²) in [5.41, 5.74) is 3.78. The van der Waals surface area contributed by atoms with Gasteiger partial charge in [0.15, 0.2) is 0 Å². The molecule has 1 unspecified atom stereocenters. The smallest absolute Gasteiger partial charge is 0.146 e. The highest BCUT2D eigenvalue weighted by Gasteiger charge is 2.21. The molecule has 0 amide bonds. The third-order valence-corrected chi connectivity index (χ3v) is 3.90. The van der Waals surface area contributed by atoms with Crippen molar-refractivity contribution in [1.29, 1.82) is 0 Å². The number of nitrogens with one attached hydrogen (secondary N) is 1. The van der Waals surface area contributed by atoms with Crippen LogP contribution in [0.1, 0.15) is 35.6 Å². The number of halogens is 1. The van der Waals surface area contributed by atoms with E-state index in [-0.39, 0.29) is 11.9 Å². The molecule has 0 fully saturated rings. The van der Waals surface area contributed by atoms with Crippen LogP contribution < -0.4 is 5.32 Å². The summed E-state index contributed by atoms with van der Waals surface area (Å²) in [5, 5.41) is 12.9. The summed E-state index contributed by atoms with van der Waals surface area (Å²) in [6.07, 6.45) is 2.99. The lowest BCUT2D eigenvalue weighted by Crippen LogP contribution is -2.17. The first-order valence-electron chi connectivity index (χ1n) is 6.98. The Morgan fingerprint density at radius 3 is 2.85 bits per heavy atom. The van der Waals surface area contributed by atoms with Crippen LogP contribution >= 0.6 is 0 Å². The van der Waals surface area contributed by atoms with E-state index >= 15 is 0 Å². The molecule has 0 radical (unpaired) electrons. The molecule has 2 aromatic carbocycles. The second kappa shape index (κ2) is 5.16. The van der Waals surface area contributed by atoms with E-state index in [0.717, 1.165) is 36.0 Å². The number of rotatable bonds is 2. The lowest BCUT2D eigenvalue weighted by atomic mass is 9.87. The number of fused-ring (bicyclic) bond motifs is 1. The van der Waals surface area contributed by atoms with Crippen LogP contribution in [0.4, 0.5) is 10.1 Å². The van der Waals surface area contributed by atoms with Crippen molar-refractivity contribution in [3.8, 4) is 5.75 Å². The number of anilines is 1. The second-order valence-corrected chi connectivity index (χ2v) is 5.46. The molecule has 1 aliphatic rings. The molecule has 0 aliphatic heterocycles. The maximum atomic E-state index is 13.9. The molecule has 2 N–H and O–H groups in total. The lowest BCUT2D eigenvalue weighted by Gasteiger charge is -2.27. The van der Waals surface area contributed by atoms with E-state index in [1.807, 2.05) is 25.1 Å². The van der Waals surface area contributed by atoms with E-state index in [2.05, 4.69) is 5.32 Å². The number of aryl methyl sites for hydroxylation is 2. The fourth-order valence-corrected chi connectivity index (χ4v) is 2.88. The van der Waals surface area contributed by atoms with Crippen LogP contribution in [0.15, 0.2) is 36.4 Å². The van der Waals surface area contributed by atoms with Crippen LogP contribution in [0.5, 0.6) is 5.75 Å². The van der Waals surface area contributed by atoms with Crippen molar-refractivity contribution in [2.24, 2.45) is 0 Å². The minimum Gasteiger partial charge on any atom is -0.508 e. The summed E-state index contributed by atoms with van der Waals surface area (Å²) >= 11 is 0. The molecule has 3 rings (SSSR count). The quantitative estimate of drug-likeness (QED) is 0.852. The highest BCUT2D eigenvalue weighted by Crippen LogP contribution is 2.34. The summed E-state index contributed by atoms with van der Waals surface area (Å²) in [5.74, 6) is 0.0850. The molecule has 0 heterocycles. The van der Waals surface area contributed by atoms with Gasteiger partial charge in [-0.2, -0.15) is 0 Å². The van der Waals surface area contributed by atoms with Gasteiger partial charge in [-0.15, -0.1) is 0 Å². The van der Waals surface area contributed by atoms with Crippen LogP contribution in [-0.4, -0.2) is 5.11 Å². The minimum absolute atomic E-state index is 0.108. The van der Waals surface area contributed by atoms with E-state index in [1.165, 1.54) is 0 Å². The largest absolute Gasteiger partial charge is 0.508 e. The van der Waals surface area contributed by atoms with Crippen LogP contribution in [-0.2, 0) is 6.42 Å². The Kier molecular flexibility index (Phi) is 3.35. The molecule has 2 nitrogen and oxygen atoms in total. The number of benzene rings is 2. The van der Waals surface area contributed by atoms with E-state index < -0.39 is 0 Å². The molecule has 20 heavy (non-hydrogen) atoms. The zero-order valence-electron chi connectivity index (χ0n) is 11.5. The first-order valence-corrected chi connectivity index (χ1v) is 6.98. The van der Waals surface area contributed by atoms with Crippen molar-refractivity contribution in [2.45, 2.75) is 32.2 Å². The summed E-state index contributed by atoms with van der Waals surface area (Å²) < 4.78 is 13.9. The monoisotopic (exact) mass is 271 g/mol. The first kappa shape index (κ1) is 13.0. The van der Waals surface area contributed by atoms with Gasteiger partial charge in [0.25, 0.3) is 0 Å². The van der Waals surface area contributed by atoms with Gasteiger partial charge in [0, 0.05) is 0 Å². The summed E-state index contributed by atoms with van der Waals surface area (Å²) in [6.45, 7) is 1.88. The van der Waals surface area contributed by atoms with Crippen molar-refractivity contribution in [1.82, 2.24) is 0 Å². The number of phenolic OH excluding ortho intramolecular Hbond substituents is 1. The van der Waals surface area contributed by atoms with E-state index in [9.17, 15) is 9.50 Å². The van der Waals surface area contributed by atoms with Gasteiger partial charge in [-0.05, 0) is 67.1 Å². The standard InChI is InChI=1S/C17H18FNO/c1-11-5-8-17(15(18)9-11)19-16-4-2-3-12-10-13(20)6-7-14(12)16/h5-10,16,19-20H,2-4H2,1H3. The average Bonchev–Trinajstić information content (AvgIpc) is 2.41. The molecule has 0 bridgehead atoms. The van der Waals surface area contributed by atoms with Crippen molar-refractivity contribution < 1.29 is 9.50 Å². The van der Waals surface area contributed by atoms with Crippen molar-refractivity contribution in [3.05, 3.63) is 58.9 Å². The van der Waals surface area contributed by atoms with Crippen LogP contribution in [0.25, 0.3) is 0 Å². The van der Waals surface area contributed by atoms with Gasteiger partial charge in [0.1, 0.15) is 11.6 Å². The average molecular weight is 271 g/mol. The van der Waals surface area contributed by atoms with Gasteiger partial charge in [0.2, 0.25) is 0 Å². The Morgan fingerprint density at radius 1 is 1.20 bits per heavy atom. The fourth-order valence-electron chi connectivity index (χ4n) is 2.88. The van der Waals surface area contributed by atoms with Gasteiger partial charge in [0.05, 0.1) is 11.7 Å². The Labute approximate surface area is 118 Å². The number of hydrogen-bond acceptors (Lipinski definition) is 2. The summed E-state index contributed by atoms with van der Waals surface area (Å²) in [6, 6.07) is 10.8. The SMILES string of the molecule is Cc1ccc(NC2CCCc3cc(O)ccc32)c(F)c1. The first-order chi connectivity index (χ1) is 9.63. The van der Waals surface area contributed by atoms with Gasteiger partial charge in [-0.3, -0.25) is 0 Å². The number of aromatic hydroxyl groups is 1. The molecular weight excluding hydrogens is 253 g/mol. The molecule has 0 saturated heterocycles. The Bertz CT molecular complexity index is 639. The molecule has 3 heteroatoms. The van der Waals surface area contributed by atoms with Crippen molar-refractivity contribution in [2.75, 3.05) is 5.32 Å². The minimum atomic E-state index is -0.212. The van der Waals surface area contributed by atoms with Crippen LogP contribution in [0.3, 0.4) is 0 Å². The second-order valence-electron chi connectivity index (χ2n) is 5.46. The van der Waals surface area contributed by atoms with Gasteiger partial charge in [-0.1, -0.05) is 12.1 Å². The predicted octanol–water partition coefficient (Wildman–Crippen LogP) is 4.33. The number of phenols is 1. The molecule has 1 aliphatic carbocycles. The van der Waals surface area contributed by atoms with Crippen LogP contribution in [0, 0.1) is 12.7 Å². The molecule has 0 aromatic heterocycles. The van der Waals surface area contributed by atoms with Gasteiger partial charge < -0.3 is 10.4 Å². The van der Waals surface area contributed by atoms with Gasteiger partial charge >= 0.3 is 0 Å². The predicted molar refractivity (Wildman–Crippen MR) is 78.5 cm³/mol. The highest BCUT2D eigenvalue weighted by atomic mass is 19.1. The summed E-state index contributed by atoms with van der Waals surface area (Å²) in [4.78, 5) is 0. The zero-order valence-corrected chi connectivity index (χ0v) is 11.5. The molecule has 0 saturated carbocycles. The topological polar surface area (TPSA) is 32.3 Å². The Hall–Kier alpha value is -2.03. The van der Waals surface area contributed by atoms with E-state index in [4.69, 9.17) is 0 Å². The summed E-state index contributed by atoms with van der Waals surface area (Å²) in [7, 11) is 0. The molecule has 0 spiro atoms. The van der Waals surface area contributed by atoms with E-state index in [0.29, 0.717) is 11.4 Å². The van der Waals surface area contributed by atoms with Gasteiger partial charge in [-0.25, -0.2) is 4.39 Å². The maximum Gasteiger partial charge on any atom is 0.146 e. The Morgan fingerprint density at radius 2 is 2.05 bits per heavy atom. The molecular formula is C17H18FNO. The molecule has 104 valence electrons. The van der Waals surface area contributed by atoms with E-state index in [1.54, 1.807) is 18.2 Å². The lowest BCUT2D eigenvalue weighted by molar-refractivity contribution is 0.472. The maximum absolute atomic E-state index is 13.9. The van der Waals surface area contributed by atoms with Crippen molar-refractivity contribution >= 4 is 5.69 Å². The normalized spacial score (nSPS) is 17.6. The fraction of sp³-hybridized carbons (Fsp3) is 0.294. The Balaban J connectivity index is 1.89. The molecule has 2 aromatic rings. The van der Waals surface area contributed by atoms with Crippen LogP contribution in [0.2, 0.25) is 0 Å². The zero-order chi connectivity index (χ0) is 14.1. The third kappa shape index (κ3) is 2.48.